The number of unbranched alkanes of at least 4 members (excludes halogenated alkanes) is 1. The molecular formula is C20H28F3N3O3S. The summed E-state index contributed by atoms with van der Waals surface area (Å²) in [6.45, 7) is 7.16. The number of sulfone groups is 1. The first kappa shape index (κ1) is 22.9. The van der Waals surface area contributed by atoms with Crippen LogP contribution >= 0.6 is 0 Å². The van der Waals surface area contributed by atoms with Crippen LogP contribution in [0.1, 0.15) is 32.3 Å². The van der Waals surface area contributed by atoms with E-state index < -0.39 is 32.2 Å². The first-order valence-corrected chi connectivity index (χ1v) is 11.7. The number of halogens is 3. The number of rotatable bonds is 6. The summed E-state index contributed by atoms with van der Waals surface area (Å²) in [5.74, 6) is -0.757. The number of hydrogen-bond donors (Lipinski definition) is 0. The van der Waals surface area contributed by atoms with Gasteiger partial charge in [0.05, 0.1) is 5.56 Å². The molecule has 3 rings (SSSR count). The van der Waals surface area contributed by atoms with Gasteiger partial charge in [-0.3, -0.25) is 9.69 Å². The topological polar surface area (TPSA) is 60.9 Å². The fraction of sp³-hybridized carbons (Fsp3) is 0.650. The summed E-state index contributed by atoms with van der Waals surface area (Å²) in [6, 6.07) is 5.41. The number of carbonyl (C=O) groups is 1. The SMILES string of the molecule is CC1(C)N(CCCCN2CCN(c3cccc(C(F)(F)F)c3)CC2)C(=O)CS1(=O)=O. The standard InChI is InChI=1S/C20H28F3N3O3S/c1-19(2)26(18(27)15-30(19,28)29)9-4-3-8-24-10-12-25(13-11-24)17-7-5-6-16(14-17)20(21,22)23/h5-7,14H,3-4,8-13,15H2,1-2H3. The second-order valence-corrected chi connectivity index (χ2v) is 10.9. The van der Waals surface area contributed by atoms with Crippen molar-refractivity contribution in [2.75, 3.05) is 49.9 Å². The average molecular weight is 448 g/mol. The van der Waals surface area contributed by atoms with Crippen molar-refractivity contribution in [2.24, 2.45) is 0 Å². The maximum absolute atomic E-state index is 12.9. The molecule has 2 aliphatic heterocycles. The summed E-state index contributed by atoms with van der Waals surface area (Å²) in [5.41, 5.74) is -0.0516. The van der Waals surface area contributed by atoms with Crippen molar-refractivity contribution in [1.29, 1.82) is 0 Å². The number of amides is 1. The molecule has 0 unspecified atom stereocenters. The maximum Gasteiger partial charge on any atom is 0.416 e. The molecule has 6 nitrogen and oxygen atoms in total. The molecule has 0 atom stereocenters. The molecule has 2 heterocycles. The largest absolute Gasteiger partial charge is 0.416 e. The first-order valence-electron chi connectivity index (χ1n) is 10.1. The number of piperazine rings is 1. The van der Waals surface area contributed by atoms with Gasteiger partial charge in [0.15, 0.2) is 9.84 Å². The summed E-state index contributed by atoms with van der Waals surface area (Å²) < 4.78 is 62.9. The molecule has 0 bridgehead atoms. The van der Waals surface area contributed by atoms with Gasteiger partial charge in [-0.2, -0.15) is 13.2 Å². The summed E-state index contributed by atoms with van der Waals surface area (Å²) >= 11 is 0. The zero-order chi connectivity index (χ0) is 22.2. The van der Waals surface area contributed by atoms with Gasteiger partial charge in [0.2, 0.25) is 5.91 Å². The summed E-state index contributed by atoms with van der Waals surface area (Å²) in [7, 11) is -3.44. The van der Waals surface area contributed by atoms with E-state index in [-0.39, 0.29) is 5.91 Å². The maximum atomic E-state index is 12.9. The zero-order valence-electron chi connectivity index (χ0n) is 17.3. The van der Waals surface area contributed by atoms with Crippen LogP contribution in [0.5, 0.6) is 0 Å². The monoisotopic (exact) mass is 447 g/mol. The number of alkyl halides is 3. The summed E-state index contributed by atoms with van der Waals surface area (Å²) in [6.07, 6.45) is -2.82. The van der Waals surface area contributed by atoms with E-state index in [1.807, 2.05) is 4.90 Å². The Bertz CT molecular complexity index is 879. The number of carbonyl (C=O) groups excluding carboxylic acids is 1. The van der Waals surface area contributed by atoms with Gasteiger partial charge in [-0.05, 0) is 51.4 Å². The fourth-order valence-electron chi connectivity index (χ4n) is 3.99. The highest BCUT2D eigenvalue weighted by atomic mass is 32.2. The van der Waals surface area contributed by atoms with Gasteiger partial charge in [-0.15, -0.1) is 0 Å². The second kappa shape index (κ2) is 8.37. The molecule has 0 saturated carbocycles. The second-order valence-electron chi connectivity index (χ2n) is 8.34. The Hall–Kier alpha value is -1.81. The molecule has 2 saturated heterocycles. The minimum Gasteiger partial charge on any atom is -0.369 e. The Morgan fingerprint density at radius 3 is 2.23 bits per heavy atom. The van der Waals surface area contributed by atoms with Crippen LogP contribution in [0.2, 0.25) is 0 Å². The number of hydrogen-bond acceptors (Lipinski definition) is 5. The van der Waals surface area contributed by atoms with Crippen LogP contribution in [0, 0.1) is 0 Å². The minimum absolute atomic E-state index is 0.338. The smallest absolute Gasteiger partial charge is 0.369 e. The lowest BCUT2D eigenvalue weighted by atomic mass is 10.1. The van der Waals surface area contributed by atoms with E-state index in [1.54, 1.807) is 19.9 Å². The third-order valence-corrected chi connectivity index (χ3v) is 8.41. The third kappa shape index (κ3) is 4.74. The molecule has 0 radical (unpaired) electrons. The molecule has 2 aliphatic rings. The number of anilines is 1. The molecule has 1 aromatic carbocycles. The quantitative estimate of drug-likeness (QED) is 0.628. The van der Waals surface area contributed by atoms with Gasteiger partial charge < -0.3 is 9.80 Å². The number of benzene rings is 1. The van der Waals surface area contributed by atoms with E-state index in [1.165, 1.54) is 17.0 Å². The van der Waals surface area contributed by atoms with Crippen LogP contribution in [0.15, 0.2) is 24.3 Å². The predicted octanol–water partition coefficient (Wildman–Crippen LogP) is 2.60. The fourth-order valence-corrected chi connectivity index (χ4v) is 5.36. The molecule has 10 heteroatoms. The van der Waals surface area contributed by atoms with Crippen LogP contribution < -0.4 is 4.90 Å². The van der Waals surface area contributed by atoms with Crippen molar-refractivity contribution in [2.45, 2.75) is 37.7 Å². The molecule has 0 aromatic heterocycles. The van der Waals surface area contributed by atoms with E-state index in [2.05, 4.69) is 4.90 Å². The lowest BCUT2D eigenvalue weighted by Crippen LogP contribution is -2.47. The number of nitrogens with zero attached hydrogens (tertiary/aromatic N) is 3. The molecule has 168 valence electrons. The van der Waals surface area contributed by atoms with Crippen LogP contribution in [0.25, 0.3) is 0 Å². The molecule has 0 N–H and O–H groups in total. The molecule has 2 fully saturated rings. The van der Waals surface area contributed by atoms with Crippen LogP contribution in [-0.2, 0) is 20.8 Å². The van der Waals surface area contributed by atoms with Crippen molar-refractivity contribution >= 4 is 21.4 Å². The molecule has 1 amide bonds. The lowest BCUT2D eigenvalue weighted by molar-refractivity contribution is -0.137. The van der Waals surface area contributed by atoms with E-state index in [0.29, 0.717) is 31.7 Å². The Morgan fingerprint density at radius 2 is 1.67 bits per heavy atom. The van der Waals surface area contributed by atoms with Crippen molar-refractivity contribution < 1.29 is 26.4 Å². The van der Waals surface area contributed by atoms with Crippen molar-refractivity contribution in [3.63, 3.8) is 0 Å². The first-order chi connectivity index (χ1) is 13.9. The van der Waals surface area contributed by atoms with Crippen molar-refractivity contribution in [3.8, 4) is 0 Å². The Morgan fingerprint density at radius 1 is 1.03 bits per heavy atom. The lowest BCUT2D eigenvalue weighted by Gasteiger charge is -2.36. The van der Waals surface area contributed by atoms with Crippen molar-refractivity contribution in [1.82, 2.24) is 9.80 Å². The highest BCUT2D eigenvalue weighted by molar-refractivity contribution is 7.93. The Balaban J connectivity index is 1.43. The van der Waals surface area contributed by atoms with Gasteiger partial charge in [-0.25, -0.2) is 8.42 Å². The molecule has 0 spiro atoms. The molecular weight excluding hydrogens is 419 g/mol. The highest BCUT2D eigenvalue weighted by Gasteiger charge is 2.50. The van der Waals surface area contributed by atoms with Gasteiger partial charge in [0.25, 0.3) is 0 Å². The van der Waals surface area contributed by atoms with Gasteiger partial charge >= 0.3 is 6.18 Å². The van der Waals surface area contributed by atoms with Gasteiger partial charge in [-0.1, -0.05) is 6.07 Å². The Labute approximate surface area is 175 Å². The van der Waals surface area contributed by atoms with Gasteiger partial charge in [0.1, 0.15) is 10.6 Å². The highest BCUT2D eigenvalue weighted by Crippen LogP contribution is 2.32. The zero-order valence-corrected chi connectivity index (χ0v) is 18.1. The third-order valence-electron chi connectivity index (χ3n) is 6.04. The minimum atomic E-state index is -4.34. The molecule has 1 aromatic rings. The average Bonchev–Trinajstić information content (AvgIpc) is 2.82. The summed E-state index contributed by atoms with van der Waals surface area (Å²) in [5, 5.41) is 0. The van der Waals surface area contributed by atoms with E-state index in [9.17, 15) is 26.4 Å². The van der Waals surface area contributed by atoms with Crippen LogP contribution in [0.4, 0.5) is 18.9 Å². The Kier molecular flexibility index (Phi) is 6.38. The van der Waals surface area contributed by atoms with E-state index in [4.69, 9.17) is 0 Å². The van der Waals surface area contributed by atoms with E-state index >= 15 is 0 Å². The van der Waals surface area contributed by atoms with Crippen LogP contribution in [-0.4, -0.2) is 74.0 Å². The van der Waals surface area contributed by atoms with Gasteiger partial charge in [0, 0.05) is 38.4 Å². The summed E-state index contributed by atoms with van der Waals surface area (Å²) in [4.78, 5) is 16.5. The van der Waals surface area contributed by atoms with Crippen molar-refractivity contribution in [3.05, 3.63) is 29.8 Å². The molecule has 0 aliphatic carbocycles. The predicted molar refractivity (Wildman–Crippen MR) is 109 cm³/mol. The van der Waals surface area contributed by atoms with Crippen LogP contribution in [0.3, 0.4) is 0 Å². The molecule has 30 heavy (non-hydrogen) atoms. The normalized spacial score (nSPS) is 22.0. The van der Waals surface area contributed by atoms with E-state index in [0.717, 1.165) is 32.1 Å².